The van der Waals surface area contributed by atoms with E-state index in [1.807, 2.05) is 0 Å². The fourth-order valence-corrected chi connectivity index (χ4v) is 3.32. The molecule has 0 nitrogen and oxygen atoms in total. The van der Waals surface area contributed by atoms with Crippen LogP contribution in [0.25, 0.3) is 0 Å². The van der Waals surface area contributed by atoms with E-state index in [2.05, 4.69) is 12.2 Å². The molecule has 0 heteroatoms. The molecule has 18 heavy (non-hydrogen) atoms. The topological polar surface area (TPSA) is 0 Å². The number of rotatable bonds is 1. The van der Waals surface area contributed by atoms with Crippen molar-refractivity contribution in [2.24, 2.45) is 0 Å². The van der Waals surface area contributed by atoms with E-state index in [4.69, 9.17) is 0 Å². The second kappa shape index (κ2) is 8.56. The summed E-state index contributed by atoms with van der Waals surface area (Å²) in [4.78, 5) is 0. The minimum absolute atomic E-state index is 1.33. The van der Waals surface area contributed by atoms with Gasteiger partial charge in [-0.25, -0.2) is 0 Å². The highest BCUT2D eigenvalue weighted by atomic mass is 14.1. The zero-order chi connectivity index (χ0) is 12.5. The van der Waals surface area contributed by atoms with Crippen molar-refractivity contribution < 1.29 is 0 Å². The predicted molar refractivity (Wildman–Crippen MR) is 80.8 cm³/mol. The molecule has 0 aromatic rings. The van der Waals surface area contributed by atoms with E-state index in [0.29, 0.717) is 0 Å². The summed E-state index contributed by atoms with van der Waals surface area (Å²) < 4.78 is 0. The third-order valence-corrected chi connectivity index (χ3v) is 4.49. The molecule has 0 spiro atoms. The summed E-state index contributed by atoms with van der Waals surface area (Å²) in [5.74, 6) is 0. The van der Waals surface area contributed by atoms with Crippen LogP contribution < -0.4 is 0 Å². The SMILES string of the molecule is C1=C(C2=CCCCCCCC2)CCCCCCC1. The summed E-state index contributed by atoms with van der Waals surface area (Å²) in [6.07, 6.45) is 24.9. The van der Waals surface area contributed by atoms with E-state index in [9.17, 15) is 0 Å². The van der Waals surface area contributed by atoms with Crippen LogP contribution >= 0.6 is 0 Å². The van der Waals surface area contributed by atoms with Gasteiger partial charge in [0.05, 0.1) is 0 Å². The summed E-state index contributed by atoms with van der Waals surface area (Å²) >= 11 is 0. The predicted octanol–water partition coefficient (Wildman–Crippen LogP) is 6.33. The molecule has 0 fully saturated rings. The van der Waals surface area contributed by atoms with Crippen LogP contribution in [-0.4, -0.2) is 0 Å². The molecule has 2 aliphatic rings. The summed E-state index contributed by atoms with van der Waals surface area (Å²) in [5.41, 5.74) is 3.44. The normalized spacial score (nSPS) is 24.4. The Labute approximate surface area is 114 Å². The summed E-state index contributed by atoms with van der Waals surface area (Å²) in [5, 5.41) is 0. The van der Waals surface area contributed by atoms with Gasteiger partial charge in [-0.2, -0.15) is 0 Å². The van der Waals surface area contributed by atoms with E-state index < -0.39 is 0 Å². The molecule has 0 aromatic heterocycles. The Morgan fingerprint density at radius 3 is 1.33 bits per heavy atom. The maximum Gasteiger partial charge on any atom is -0.0279 e. The van der Waals surface area contributed by atoms with Gasteiger partial charge in [0.1, 0.15) is 0 Å². The largest absolute Gasteiger partial charge is 0.0811 e. The number of allylic oxidation sites excluding steroid dienone is 4. The molecular formula is C18H30. The third-order valence-electron chi connectivity index (χ3n) is 4.49. The molecule has 2 rings (SSSR count). The Balaban J connectivity index is 1.99. The molecule has 0 unspecified atom stereocenters. The molecule has 102 valence electrons. The van der Waals surface area contributed by atoms with Crippen molar-refractivity contribution in [2.45, 2.75) is 89.9 Å². The fraction of sp³-hybridized carbons (Fsp3) is 0.778. The zero-order valence-electron chi connectivity index (χ0n) is 12.1. The molecule has 0 saturated carbocycles. The molecule has 0 heterocycles. The van der Waals surface area contributed by atoms with E-state index in [1.54, 1.807) is 11.1 Å². The van der Waals surface area contributed by atoms with Crippen molar-refractivity contribution in [3.8, 4) is 0 Å². The first-order valence-corrected chi connectivity index (χ1v) is 8.35. The van der Waals surface area contributed by atoms with Gasteiger partial charge in [-0.3, -0.25) is 0 Å². The maximum absolute atomic E-state index is 2.58. The summed E-state index contributed by atoms with van der Waals surface area (Å²) in [6, 6.07) is 0. The van der Waals surface area contributed by atoms with Gasteiger partial charge in [-0.05, 0) is 62.5 Å². The smallest absolute Gasteiger partial charge is 0.0279 e. The van der Waals surface area contributed by atoms with Crippen LogP contribution in [0.3, 0.4) is 0 Å². The fourth-order valence-electron chi connectivity index (χ4n) is 3.32. The van der Waals surface area contributed by atoms with Gasteiger partial charge in [-0.15, -0.1) is 0 Å². The Morgan fingerprint density at radius 2 is 0.833 bits per heavy atom. The number of hydrogen-bond donors (Lipinski definition) is 0. The highest BCUT2D eigenvalue weighted by Gasteiger charge is 2.08. The molecule has 0 radical (unpaired) electrons. The Hall–Kier alpha value is -0.520. The van der Waals surface area contributed by atoms with Crippen LogP contribution in [0.4, 0.5) is 0 Å². The van der Waals surface area contributed by atoms with Gasteiger partial charge >= 0.3 is 0 Å². The van der Waals surface area contributed by atoms with Gasteiger partial charge in [-0.1, -0.05) is 50.7 Å². The van der Waals surface area contributed by atoms with E-state index in [0.717, 1.165) is 0 Å². The van der Waals surface area contributed by atoms with Crippen molar-refractivity contribution >= 4 is 0 Å². The molecular weight excluding hydrogens is 216 g/mol. The molecule has 0 aliphatic heterocycles. The van der Waals surface area contributed by atoms with Crippen molar-refractivity contribution in [1.29, 1.82) is 0 Å². The summed E-state index contributed by atoms with van der Waals surface area (Å²) in [7, 11) is 0. The average molecular weight is 246 g/mol. The molecule has 0 atom stereocenters. The quantitative estimate of drug-likeness (QED) is 0.507. The Morgan fingerprint density at radius 1 is 0.444 bits per heavy atom. The van der Waals surface area contributed by atoms with E-state index in [1.165, 1.54) is 89.9 Å². The van der Waals surface area contributed by atoms with Crippen LogP contribution in [0.2, 0.25) is 0 Å². The molecule has 0 aromatic carbocycles. The van der Waals surface area contributed by atoms with Crippen molar-refractivity contribution in [3.05, 3.63) is 23.3 Å². The summed E-state index contributed by atoms with van der Waals surface area (Å²) in [6.45, 7) is 0. The molecule has 0 bridgehead atoms. The van der Waals surface area contributed by atoms with Crippen molar-refractivity contribution in [2.75, 3.05) is 0 Å². The number of hydrogen-bond acceptors (Lipinski definition) is 0. The molecule has 0 amide bonds. The Kier molecular flexibility index (Phi) is 6.61. The maximum atomic E-state index is 2.58. The third kappa shape index (κ3) is 5.00. The lowest BCUT2D eigenvalue weighted by atomic mass is 9.94. The zero-order valence-corrected chi connectivity index (χ0v) is 12.1. The lowest BCUT2D eigenvalue weighted by molar-refractivity contribution is 0.623. The first kappa shape index (κ1) is 13.9. The minimum Gasteiger partial charge on any atom is -0.0811 e. The minimum atomic E-state index is 1.33. The van der Waals surface area contributed by atoms with Gasteiger partial charge in [0.2, 0.25) is 0 Å². The second-order valence-electron chi connectivity index (χ2n) is 6.07. The van der Waals surface area contributed by atoms with E-state index >= 15 is 0 Å². The van der Waals surface area contributed by atoms with E-state index in [-0.39, 0.29) is 0 Å². The Bertz CT molecular complexity index is 252. The monoisotopic (exact) mass is 246 g/mol. The molecule has 2 aliphatic carbocycles. The van der Waals surface area contributed by atoms with Crippen molar-refractivity contribution in [1.82, 2.24) is 0 Å². The van der Waals surface area contributed by atoms with Gasteiger partial charge in [0, 0.05) is 0 Å². The van der Waals surface area contributed by atoms with Crippen LogP contribution in [0.1, 0.15) is 89.9 Å². The standard InChI is InChI=1S/C18H30/c1-2-6-10-14-17(13-9-5-1)18-15-11-7-3-4-8-12-16-18/h13,15H,1-12,14,16H2. The first-order chi connectivity index (χ1) is 8.97. The second-order valence-corrected chi connectivity index (χ2v) is 6.07. The highest BCUT2D eigenvalue weighted by Crippen LogP contribution is 2.28. The molecule has 0 saturated heterocycles. The van der Waals surface area contributed by atoms with Crippen LogP contribution in [-0.2, 0) is 0 Å². The van der Waals surface area contributed by atoms with Crippen LogP contribution in [0.15, 0.2) is 23.3 Å². The molecule has 0 N–H and O–H groups in total. The van der Waals surface area contributed by atoms with Gasteiger partial charge in [0.15, 0.2) is 0 Å². The average Bonchev–Trinajstić information content (AvgIpc) is 2.61. The highest BCUT2D eigenvalue weighted by molar-refractivity contribution is 5.31. The van der Waals surface area contributed by atoms with Crippen molar-refractivity contribution in [3.63, 3.8) is 0 Å². The van der Waals surface area contributed by atoms with Crippen LogP contribution in [0, 0.1) is 0 Å². The lowest BCUT2D eigenvalue weighted by Gasteiger charge is -2.12. The van der Waals surface area contributed by atoms with Crippen LogP contribution in [0.5, 0.6) is 0 Å². The first-order valence-electron chi connectivity index (χ1n) is 8.35. The van der Waals surface area contributed by atoms with Gasteiger partial charge < -0.3 is 0 Å². The van der Waals surface area contributed by atoms with Gasteiger partial charge in [0.25, 0.3) is 0 Å². The lowest BCUT2D eigenvalue weighted by Crippen LogP contribution is -1.92.